The summed E-state index contributed by atoms with van der Waals surface area (Å²) in [4.78, 5) is 0.0806. The van der Waals surface area contributed by atoms with Gasteiger partial charge in [-0.2, -0.15) is 0 Å². The van der Waals surface area contributed by atoms with Gasteiger partial charge in [0.1, 0.15) is 10.6 Å². The van der Waals surface area contributed by atoms with Crippen LogP contribution < -0.4 is 14.8 Å². The molecule has 0 aromatic heterocycles. The average Bonchev–Trinajstić information content (AvgIpc) is 2.91. The molecule has 0 spiro atoms. The molecular weight excluding hydrogens is 300 g/mol. The summed E-state index contributed by atoms with van der Waals surface area (Å²) in [7, 11) is -2.16. The van der Waals surface area contributed by atoms with Crippen LogP contribution in [0.3, 0.4) is 0 Å². The summed E-state index contributed by atoms with van der Waals surface area (Å²) in [5.41, 5.74) is 0. The highest BCUT2D eigenvalue weighted by atomic mass is 35.5. The van der Waals surface area contributed by atoms with Gasteiger partial charge >= 0.3 is 0 Å². The molecule has 112 valence electrons. The number of hydrogen-bond donors (Lipinski definition) is 2. The van der Waals surface area contributed by atoms with E-state index in [-0.39, 0.29) is 4.90 Å². The molecule has 1 aromatic rings. The van der Waals surface area contributed by atoms with Gasteiger partial charge < -0.3 is 10.1 Å². The average molecular weight is 319 g/mol. The van der Waals surface area contributed by atoms with E-state index in [0.717, 1.165) is 25.9 Å². The van der Waals surface area contributed by atoms with Gasteiger partial charge in [0.2, 0.25) is 10.0 Å². The monoisotopic (exact) mass is 318 g/mol. The lowest BCUT2D eigenvalue weighted by Gasteiger charge is -2.12. The molecule has 0 radical (unpaired) electrons. The first-order valence-corrected chi connectivity index (χ1v) is 8.43. The van der Waals surface area contributed by atoms with Gasteiger partial charge in [0, 0.05) is 11.6 Å². The van der Waals surface area contributed by atoms with Crippen LogP contribution in [0.1, 0.15) is 12.8 Å². The van der Waals surface area contributed by atoms with Gasteiger partial charge in [-0.15, -0.1) is 0 Å². The molecule has 1 aliphatic heterocycles. The van der Waals surface area contributed by atoms with E-state index in [1.807, 2.05) is 0 Å². The molecule has 1 aromatic carbocycles. The number of nitrogens with one attached hydrogen (secondary N) is 2. The van der Waals surface area contributed by atoms with E-state index in [1.54, 1.807) is 12.1 Å². The van der Waals surface area contributed by atoms with Crippen molar-refractivity contribution in [2.75, 3.05) is 26.7 Å². The third-order valence-electron chi connectivity index (χ3n) is 3.42. The Morgan fingerprint density at radius 1 is 1.50 bits per heavy atom. The molecule has 20 heavy (non-hydrogen) atoms. The van der Waals surface area contributed by atoms with Gasteiger partial charge in [-0.25, -0.2) is 13.1 Å². The minimum atomic E-state index is -3.60. The fourth-order valence-electron chi connectivity index (χ4n) is 2.30. The summed E-state index contributed by atoms with van der Waals surface area (Å²) in [6.45, 7) is 2.39. The fourth-order valence-corrected chi connectivity index (χ4v) is 3.77. The predicted molar refractivity (Wildman–Crippen MR) is 78.8 cm³/mol. The van der Waals surface area contributed by atoms with Gasteiger partial charge in [0.05, 0.1) is 7.11 Å². The Morgan fingerprint density at radius 3 is 2.95 bits per heavy atom. The summed E-state index contributed by atoms with van der Waals surface area (Å²) >= 11 is 5.86. The Kier molecular flexibility index (Phi) is 5.26. The number of rotatable bonds is 6. The lowest BCUT2D eigenvalue weighted by molar-refractivity contribution is 0.402. The zero-order valence-corrected chi connectivity index (χ0v) is 12.9. The third-order valence-corrected chi connectivity index (χ3v) is 5.14. The molecule has 1 fully saturated rings. The Balaban J connectivity index is 2.03. The molecule has 1 heterocycles. The van der Waals surface area contributed by atoms with E-state index >= 15 is 0 Å². The standard InChI is InChI=1S/C13H19ClN2O3S/c1-19-12-3-2-11(14)8-13(12)20(17,18)16-7-5-10-4-6-15-9-10/h2-3,8,10,15-16H,4-7,9H2,1H3. The van der Waals surface area contributed by atoms with E-state index in [2.05, 4.69) is 10.0 Å². The molecule has 1 atom stereocenters. The highest BCUT2D eigenvalue weighted by molar-refractivity contribution is 7.89. The van der Waals surface area contributed by atoms with Crippen LogP contribution in [0.5, 0.6) is 5.75 Å². The molecular formula is C13H19ClN2O3S. The lowest BCUT2D eigenvalue weighted by Crippen LogP contribution is -2.27. The van der Waals surface area contributed by atoms with Crippen LogP contribution in [-0.2, 0) is 10.0 Å². The van der Waals surface area contributed by atoms with Gasteiger partial charge in [-0.3, -0.25) is 0 Å². The molecule has 0 bridgehead atoms. The highest BCUT2D eigenvalue weighted by Crippen LogP contribution is 2.26. The van der Waals surface area contributed by atoms with E-state index in [4.69, 9.17) is 16.3 Å². The Hall–Kier alpha value is -0.820. The maximum Gasteiger partial charge on any atom is 0.244 e. The minimum Gasteiger partial charge on any atom is -0.495 e. The largest absolute Gasteiger partial charge is 0.495 e. The van der Waals surface area contributed by atoms with Crippen LogP contribution in [0, 0.1) is 5.92 Å². The van der Waals surface area contributed by atoms with Gasteiger partial charge in [0.15, 0.2) is 0 Å². The van der Waals surface area contributed by atoms with Crippen molar-refractivity contribution in [3.8, 4) is 5.75 Å². The summed E-state index contributed by atoms with van der Waals surface area (Å²) in [5, 5.41) is 3.63. The van der Waals surface area contributed by atoms with Gasteiger partial charge in [-0.05, 0) is 50.0 Å². The van der Waals surface area contributed by atoms with Gasteiger partial charge in [0.25, 0.3) is 0 Å². The summed E-state index contributed by atoms with van der Waals surface area (Å²) < 4.78 is 32.2. The van der Waals surface area contributed by atoms with Crippen molar-refractivity contribution in [2.24, 2.45) is 5.92 Å². The Labute approximate surface area is 124 Å². The van der Waals surface area contributed by atoms with Crippen molar-refractivity contribution in [1.82, 2.24) is 10.0 Å². The first-order valence-electron chi connectivity index (χ1n) is 6.57. The Bertz CT molecular complexity index is 557. The molecule has 0 saturated carbocycles. The number of sulfonamides is 1. The molecule has 1 unspecified atom stereocenters. The molecule has 2 rings (SSSR count). The third kappa shape index (κ3) is 3.85. The van der Waals surface area contributed by atoms with Crippen molar-refractivity contribution in [1.29, 1.82) is 0 Å². The number of halogens is 1. The smallest absolute Gasteiger partial charge is 0.244 e. The van der Waals surface area contributed by atoms with Crippen molar-refractivity contribution >= 4 is 21.6 Å². The van der Waals surface area contributed by atoms with Gasteiger partial charge in [-0.1, -0.05) is 11.6 Å². The number of methoxy groups -OCH3 is 1. The Morgan fingerprint density at radius 2 is 2.30 bits per heavy atom. The van der Waals surface area contributed by atoms with Crippen molar-refractivity contribution in [2.45, 2.75) is 17.7 Å². The molecule has 5 nitrogen and oxygen atoms in total. The van der Waals surface area contributed by atoms with Crippen LogP contribution in [0.25, 0.3) is 0 Å². The molecule has 7 heteroatoms. The summed E-state index contributed by atoms with van der Waals surface area (Å²) in [6, 6.07) is 4.56. The summed E-state index contributed by atoms with van der Waals surface area (Å²) in [6.07, 6.45) is 1.93. The van der Waals surface area contributed by atoms with E-state index in [9.17, 15) is 8.42 Å². The lowest BCUT2D eigenvalue weighted by atomic mass is 10.1. The maximum absolute atomic E-state index is 12.3. The van der Waals surface area contributed by atoms with Crippen LogP contribution in [0.2, 0.25) is 5.02 Å². The van der Waals surface area contributed by atoms with Crippen LogP contribution in [-0.4, -0.2) is 35.2 Å². The molecule has 0 amide bonds. The maximum atomic E-state index is 12.3. The highest BCUT2D eigenvalue weighted by Gasteiger charge is 2.21. The second-order valence-electron chi connectivity index (χ2n) is 4.84. The normalized spacial score (nSPS) is 19.2. The topological polar surface area (TPSA) is 67.4 Å². The minimum absolute atomic E-state index is 0.0806. The van der Waals surface area contributed by atoms with E-state index in [0.29, 0.717) is 23.2 Å². The first-order chi connectivity index (χ1) is 9.53. The number of ether oxygens (including phenoxy) is 1. The van der Waals surface area contributed by atoms with E-state index in [1.165, 1.54) is 13.2 Å². The van der Waals surface area contributed by atoms with Crippen LogP contribution >= 0.6 is 11.6 Å². The molecule has 1 saturated heterocycles. The zero-order chi connectivity index (χ0) is 14.6. The predicted octanol–water partition coefficient (Wildman–Crippen LogP) is 1.63. The zero-order valence-electron chi connectivity index (χ0n) is 11.4. The van der Waals surface area contributed by atoms with Crippen molar-refractivity contribution in [3.63, 3.8) is 0 Å². The SMILES string of the molecule is COc1ccc(Cl)cc1S(=O)(=O)NCCC1CCNC1. The van der Waals surface area contributed by atoms with Crippen molar-refractivity contribution in [3.05, 3.63) is 23.2 Å². The van der Waals surface area contributed by atoms with Crippen LogP contribution in [0.4, 0.5) is 0 Å². The quantitative estimate of drug-likeness (QED) is 0.836. The number of benzene rings is 1. The first kappa shape index (κ1) is 15.6. The van der Waals surface area contributed by atoms with E-state index < -0.39 is 10.0 Å². The second kappa shape index (κ2) is 6.76. The summed E-state index contributed by atoms with van der Waals surface area (Å²) in [5.74, 6) is 0.836. The fraction of sp³-hybridized carbons (Fsp3) is 0.538. The van der Waals surface area contributed by atoms with Crippen molar-refractivity contribution < 1.29 is 13.2 Å². The molecule has 1 aliphatic rings. The molecule has 2 N–H and O–H groups in total. The second-order valence-corrected chi connectivity index (χ2v) is 7.01. The van der Waals surface area contributed by atoms with Crippen LogP contribution in [0.15, 0.2) is 23.1 Å². The number of hydrogen-bond acceptors (Lipinski definition) is 4. The molecule has 0 aliphatic carbocycles.